The lowest BCUT2D eigenvalue weighted by Gasteiger charge is -2.15. The molecule has 0 aliphatic heterocycles. The molecule has 3 heteroatoms. The SMILES string of the molecule is C/N=C/N(C)c1ccc(Cl)cc1C. The Bertz CT molecular complexity index is 321. The maximum atomic E-state index is 5.85. The summed E-state index contributed by atoms with van der Waals surface area (Å²) in [6, 6.07) is 5.81. The Morgan fingerprint density at radius 2 is 2.15 bits per heavy atom. The molecule has 0 bridgehead atoms. The van der Waals surface area contributed by atoms with Crippen LogP contribution in [0, 0.1) is 6.92 Å². The topological polar surface area (TPSA) is 15.6 Å². The number of rotatable bonds is 2. The molecule has 0 atom stereocenters. The van der Waals surface area contributed by atoms with Crippen molar-refractivity contribution in [3.05, 3.63) is 28.8 Å². The lowest BCUT2D eigenvalue weighted by atomic mass is 10.2. The van der Waals surface area contributed by atoms with E-state index in [0.29, 0.717) is 0 Å². The summed E-state index contributed by atoms with van der Waals surface area (Å²) in [4.78, 5) is 5.91. The van der Waals surface area contributed by atoms with Crippen molar-refractivity contribution in [2.24, 2.45) is 4.99 Å². The van der Waals surface area contributed by atoms with Gasteiger partial charge in [0.25, 0.3) is 0 Å². The van der Waals surface area contributed by atoms with E-state index in [1.54, 1.807) is 13.4 Å². The minimum atomic E-state index is 0.767. The van der Waals surface area contributed by atoms with Gasteiger partial charge in [0.1, 0.15) is 0 Å². The maximum absolute atomic E-state index is 5.85. The molecular weight excluding hydrogens is 184 g/mol. The summed E-state index contributed by atoms with van der Waals surface area (Å²) in [5.74, 6) is 0. The van der Waals surface area contributed by atoms with Crippen molar-refractivity contribution < 1.29 is 0 Å². The van der Waals surface area contributed by atoms with Gasteiger partial charge >= 0.3 is 0 Å². The van der Waals surface area contributed by atoms with Crippen LogP contribution in [-0.4, -0.2) is 20.4 Å². The second-order valence-electron chi connectivity index (χ2n) is 2.92. The Hall–Kier alpha value is -1.02. The summed E-state index contributed by atoms with van der Waals surface area (Å²) < 4.78 is 0. The lowest BCUT2D eigenvalue weighted by molar-refractivity contribution is 1.24. The van der Waals surface area contributed by atoms with Crippen LogP contribution in [0.1, 0.15) is 5.56 Å². The van der Waals surface area contributed by atoms with Gasteiger partial charge in [0.15, 0.2) is 0 Å². The molecule has 0 saturated carbocycles. The van der Waals surface area contributed by atoms with Gasteiger partial charge in [-0.25, -0.2) is 0 Å². The van der Waals surface area contributed by atoms with Crippen LogP contribution in [0.3, 0.4) is 0 Å². The average molecular weight is 197 g/mol. The maximum Gasteiger partial charge on any atom is 0.0888 e. The second kappa shape index (κ2) is 4.28. The Labute approximate surface area is 83.8 Å². The van der Waals surface area contributed by atoms with Crippen molar-refractivity contribution >= 4 is 23.6 Å². The number of aryl methyl sites for hydroxylation is 1. The van der Waals surface area contributed by atoms with E-state index in [4.69, 9.17) is 11.6 Å². The summed E-state index contributed by atoms with van der Waals surface area (Å²) in [5.41, 5.74) is 2.27. The first-order valence-electron chi connectivity index (χ1n) is 4.06. The minimum absolute atomic E-state index is 0.767. The molecule has 0 amide bonds. The standard InChI is InChI=1S/C10H13ClN2/c1-8-6-9(11)4-5-10(8)13(3)7-12-2/h4-7H,1-3H3/b12-7+. The average Bonchev–Trinajstić information content (AvgIpc) is 2.04. The first kappa shape index (κ1) is 10.1. The molecule has 0 saturated heterocycles. The number of nitrogens with zero attached hydrogens (tertiary/aromatic N) is 2. The van der Waals surface area contributed by atoms with Crippen molar-refractivity contribution in [3.8, 4) is 0 Å². The molecule has 0 N–H and O–H groups in total. The van der Waals surface area contributed by atoms with Gasteiger partial charge in [-0.2, -0.15) is 0 Å². The van der Waals surface area contributed by atoms with Crippen LogP contribution in [-0.2, 0) is 0 Å². The number of benzene rings is 1. The zero-order valence-corrected chi connectivity index (χ0v) is 8.84. The molecule has 0 aromatic heterocycles. The van der Waals surface area contributed by atoms with Crippen LogP contribution in [0.15, 0.2) is 23.2 Å². The largest absolute Gasteiger partial charge is 0.336 e. The third-order valence-electron chi connectivity index (χ3n) is 1.83. The molecule has 1 rings (SSSR count). The molecule has 0 unspecified atom stereocenters. The van der Waals surface area contributed by atoms with Crippen LogP contribution < -0.4 is 4.90 Å². The zero-order chi connectivity index (χ0) is 9.84. The van der Waals surface area contributed by atoms with Crippen molar-refractivity contribution in [2.75, 3.05) is 19.0 Å². The Kier molecular flexibility index (Phi) is 3.32. The van der Waals surface area contributed by atoms with Gasteiger partial charge in [0.2, 0.25) is 0 Å². The van der Waals surface area contributed by atoms with Crippen LogP contribution in [0.2, 0.25) is 5.02 Å². The Morgan fingerprint density at radius 3 is 2.69 bits per heavy atom. The quantitative estimate of drug-likeness (QED) is 0.525. The number of aliphatic imine (C=N–C) groups is 1. The van der Waals surface area contributed by atoms with Gasteiger partial charge in [-0.05, 0) is 30.7 Å². The highest BCUT2D eigenvalue weighted by Crippen LogP contribution is 2.21. The van der Waals surface area contributed by atoms with Gasteiger partial charge in [-0.1, -0.05) is 11.6 Å². The highest BCUT2D eigenvalue weighted by atomic mass is 35.5. The van der Waals surface area contributed by atoms with E-state index >= 15 is 0 Å². The van der Waals surface area contributed by atoms with E-state index in [0.717, 1.165) is 16.3 Å². The number of hydrogen-bond acceptors (Lipinski definition) is 1. The van der Waals surface area contributed by atoms with Gasteiger partial charge in [-0.15, -0.1) is 0 Å². The molecule has 0 heterocycles. The molecule has 1 aromatic rings. The molecular formula is C10H13ClN2. The van der Waals surface area contributed by atoms with Gasteiger partial charge in [0, 0.05) is 24.8 Å². The predicted octanol–water partition coefficient (Wildman–Crippen LogP) is 2.74. The Balaban J connectivity index is 3.01. The normalized spacial score (nSPS) is 10.8. The molecule has 2 nitrogen and oxygen atoms in total. The Morgan fingerprint density at radius 1 is 1.46 bits per heavy atom. The highest BCUT2D eigenvalue weighted by molar-refractivity contribution is 6.30. The molecule has 0 fully saturated rings. The summed E-state index contributed by atoms with van der Waals surface area (Å²) in [5, 5.41) is 0.767. The molecule has 13 heavy (non-hydrogen) atoms. The van der Waals surface area contributed by atoms with E-state index in [2.05, 4.69) is 4.99 Å². The summed E-state index contributed by atoms with van der Waals surface area (Å²) in [6.45, 7) is 2.03. The lowest BCUT2D eigenvalue weighted by Crippen LogP contribution is -2.15. The van der Waals surface area contributed by atoms with Crippen LogP contribution in [0.25, 0.3) is 0 Å². The highest BCUT2D eigenvalue weighted by Gasteiger charge is 2.01. The fourth-order valence-corrected chi connectivity index (χ4v) is 1.48. The molecule has 0 radical (unpaired) electrons. The number of halogens is 1. The smallest absolute Gasteiger partial charge is 0.0888 e. The zero-order valence-electron chi connectivity index (χ0n) is 8.08. The van der Waals surface area contributed by atoms with E-state index < -0.39 is 0 Å². The van der Waals surface area contributed by atoms with E-state index in [-0.39, 0.29) is 0 Å². The first-order valence-corrected chi connectivity index (χ1v) is 4.44. The van der Waals surface area contributed by atoms with Gasteiger partial charge in [-0.3, -0.25) is 4.99 Å². The van der Waals surface area contributed by atoms with E-state index in [9.17, 15) is 0 Å². The van der Waals surface area contributed by atoms with Crippen molar-refractivity contribution in [1.29, 1.82) is 0 Å². The van der Waals surface area contributed by atoms with Gasteiger partial charge in [0.05, 0.1) is 6.34 Å². The molecule has 0 spiro atoms. The van der Waals surface area contributed by atoms with Crippen molar-refractivity contribution in [2.45, 2.75) is 6.92 Å². The third kappa shape index (κ3) is 2.46. The van der Waals surface area contributed by atoms with E-state index in [1.807, 2.05) is 37.1 Å². The van der Waals surface area contributed by atoms with Gasteiger partial charge < -0.3 is 4.90 Å². The molecule has 0 aliphatic carbocycles. The molecule has 0 aliphatic rings. The predicted molar refractivity (Wildman–Crippen MR) is 59.0 cm³/mol. The molecule has 70 valence electrons. The summed E-state index contributed by atoms with van der Waals surface area (Å²) >= 11 is 5.85. The van der Waals surface area contributed by atoms with E-state index in [1.165, 1.54) is 0 Å². The monoisotopic (exact) mass is 196 g/mol. The fourth-order valence-electron chi connectivity index (χ4n) is 1.25. The second-order valence-corrected chi connectivity index (χ2v) is 3.35. The van der Waals surface area contributed by atoms with Crippen LogP contribution in [0.5, 0.6) is 0 Å². The molecule has 1 aromatic carbocycles. The van der Waals surface area contributed by atoms with Crippen LogP contribution >= 0.6 is 11.6 Å². The van der Waals surface area contributed by atoms with Crippen LogP contribution in [0.4, 0.5) is 5.69 Å². The summed E-state index contributed by atoms with van der Waals surface area (Å²) in [6.07, 6.45) is 1.77. The summed E-state index contributed by atoms with van der Waals surface area (Å²) in [7, 11) is 3.71. The fraction of sp³-hybridized carbons (Fsp3) is 0.300. The third-order valence-corrected chi connectivity index (χ3v) is 2.06. The minimum Gasteiger partial charge on any atom is -0.336 e. The van der Waals surface area contributed by atoms with Crippen molar-refractivity contribution in [3.63, 3.8) is 0 Å². The van der Waals surface area contributed by atoms with Crippen molar-refractivity contribution in [1.82, 2.24) is 0 Å². The number of anilines is 1. The number of hydrogen-bond donors (Lipinski definition) is 0. The first-order chi connectivity index (χ1) is 6.15.